The molecule has 0 unspecified atom stereocenters. The van der Waals surface area contributed by atoms with Gasteiger partial charge in [-0.1, -0.05) is 0 Å². The van der Waals surface area contributed by atoms with E-state index in [1.165, 1.54) is 0 Å². The van der Waals surface area contributed by atoms with Crippen LogP contribution in [0.15, 0.2) is 36.5 Å². The van der Waals surface area contributed by atoms with Gasteiger partial charge in [0.2, 0.25) is 0 Å². The third kappa shape index (κ3) is 3.35. The summed E-state index contributed by atoms with van der Waals surface area (Å²) in [5.74, 6) is -0.101. The second-order valence-electron chi connectivity index (χ2n) is 4.70. The maximum absolute atomic E-state index is 12.3. The van der Waals surface area contributed by atoms with Crippen molar-refractivity contribution in [2.75, 3.05) is 17.2 Å². The monoisotopic (exact) mass is 269 g/mol. The molecule has 4 nitrogen and oxygen atoms in total. The molecule has 0 radical (unpaired) electrons. The van der Waals surface area contributed by atoms with Gasteiger partial charge >= 0.3 is 0 Å². The quantitative estimate of drug-likeness (QED) is 0.894. The average molecular weight is 269 g/mol. The number of nitrogens with one attached hydrogen (secondary N) is 2. The number of rotatable bonds is 4. The number of hydrogen-bond donors (Lipinski definition) is 2. The van der Waals surface area contributed by atoms with Gasteiger partial charge in [-0.05, 0) is 56.7 Å². The molecule has 0 aliphatic carbocycles. The fraction of sp³-hybridized carbons (Fsp3) is 0.250. The number of anilines is 2. The minimum Gasteiger partial charge on any atom is -0.385 e. The van der Waals surface area contributed by atoms with Crippen LogP contribution in [-0.2, 0) is 0 Å². The van der Waals surface area contributed by atoms with Gasteiger partial charge in [0.1, 0.15) is 0 Å². The van der Waals surface area contributed by atoms with Crippen molar-refractivity contribution < 1.29 is 4.79 Å². The van der Waals surface area contributed by atoms with Crippen molar-refractivity contribution in [3.63, 3.8) is 0 Å². The van der Waals surface area contributed by atoms with Gasteiger partial charge in [-0.2, -0.15) is 0 Å². The first-order valence-corrected chi connectivity index (χ1v) is 6.68. The van der Waals surface area contributed by atoms with Gasteiger partial charge in [-0.25, -0.2) is 0 Å². The second-order valence-corrected chi connectivity index (χ2v) is 4.70. The van der Waals surface area contributed by atoms with Crippen LogP contribution >= 0.6 is 0 Å². The minimum absolute atomic E-state index is 0.101. The number of hydrogen-bond acceptors (Lipinski definition) is 3. The number of benzene rings is 1. The smallest absolute Gasteiger partial charge is 0.255 e. The zero-order chi connectivity index (χ0) is 14.5. The van der Waals surface area contributed by atoms with Crippen LogP contribution in [0, 0.1) is 13.8 Å². The average Bonchev–Trinajstić information content (AvgIpc) is 2.39. The Bertz CT molecular complexity index is 623. The predicted octanol–water partition coefficient (Wildman–Crippen LogP) is 3.38. The fourth-order valence-electron chi connectivity index (χ4n) is 2.05. The van der Waals surface area contributed by atoms with E-state index < -0.39 is 0 Å². The van der Waals surface area contributed by atoms with Crippen molar-refractivity contribution >= 4 is 17.3 Å². The maximum Gasteiger partial charge on any atom is 0.255 e. The summed E-state index contributed by atoms with van der Waals surface area (Å²) in [6.07, 6.45) is 1.69. The number of carbonyl (C=O) groups excluding carboxylic acids is 1. The highest BCUT2D eigenvalue weighted by Crippen LogP contribution is 2.17. The van der Waals surface area contributed by atoms with Crippen LogP contribution in [0.3, 0.4) is 0 Å². The van der Waals surface area contributed by atoms with E-state index in [0.717, 1.165) is 29.2 Å². The molecule has 104 valence electrons. The second kappa shape index (κ2) is 6.19. The number of carbonyl (C=O) groups is 1. The summed E-state index contributed by atoms with van der Waals surface area (Å²) in [5.41, 5.74) is 4.30. The lowest BCUT2D eigenvalue weighted by atomic mass is 10.1. The first kappa shape index (κ1) is 14.1. The number of nitrogens with zero attached hydrogens (tertiary/aromatic N) is 1. The highest BCUT2D eigenvalue weighted by atomic mass is 16.1. The molecule has 0 atom stereocenters. The molecule has 4 heteroatoms. The largest absolute Gasteiger partial charge is 0.385 e. The van der Waals surface area contributed by atoms with Crippen LogP contribution in [0.2, 0.25) is 0 Å². The molecule has 0 saturated carbocycles. The Morgan fingerprint density at radius 2 is 1.95 bits per heavy atom. The predicted molar refractivity (Wildman–Crippen MR) is 82.3 cm³/mol. The molecule has 0 fully saturated rings. The van der Waals surface area contributed by atoms with Crippen molar-refractivity contribution in [1.82, 2.24) is 4.98 Å². The number of aryl methyl sites for hydroxylation is 2. The molecule has 2 N–H and O–H groups in total. The van der Waals surface area contributed by atoms with Crippen molar-refractivity contribution in [1.29, 1.82) is 0 Å². The van der Waals surface area contributed by atoms with Crippen molar-refractivity contribution in [3.8, 4) is 0 Å². The van der Waals surface area contributed by atoms with Crippen molar-refractivity contribution in [2.24, 2.45) is 0 Å². The van der Waals surface area contributed by atoms with Crippen LogP contribution in [-0.4, -0.2) is 17.4 Å². The zero-order valence-corrected chi connectivity index (χ0v) is 12.0. The Balaban J connectivity index is 2.17. The number of amides is 1. The molecule has 0 spiro atoms. The van der Waals surface area contributed by atoms with E-state index in [1.807, 2.05) is 45.0 Å². The first-order chi connectivity index (χ1) is 9.60. The van der Waals surface area contributed by atoms with Crippen LogP contribution in [0.25, 0.3) is 0 Å². The summed E-state index contributed by atoms with van der Waals surface area (Å²) in [6, 6.07) is 9.38. The molecular formula is C16H19N3O. The van der Waals surface area contributed by atoms with E-state index in [-0.39, 0.29) is 5.91 Å². The van der Waals surface area contributed by atoms with Crippen molar-refractivity contribution in [3.05, 3.63) is 53.3 Å². The lowest BCUT2D eigenvalue weighted by Crippen LogP contribution is -2.13. The van der Waals surface area contributed by atoms with Crippen LogP contribution in [0.4, 0.5) is 11.4 Å². The lowest BCUT2D eigenvalue weighted by molar-refractivity contribution is 0.102. The highest BCUT2D eigenvalue weighted by Gasteiger charge is 2.09. The highest BCUT2D eigenvalue weighted by molar-refractivity contribution is 6.05. The van der Waals surface area contributed by atoms with Crippen LogP contribution in [0.5, 0.6) is 0 Å². The van der Waals surface area contributed by atoms with E-state index in [4.69, 9.17) is 0 Å². The van der Waals surface area contributed by atoms with Gasteiger partial charge in [0, 0.05) is 35.4 Å². The number of pyridine rings is 1. The Kier molecular flexibility index (Phi) is 4.35. The van der Waals surface area contributed by atoms with Gasteiger partial charge in [-0.15, -0.1) is 0 Å². The summed E-state index contributed by atoms with van der Waals surface area (Å²) >= 11 is 0. The Morgan fingerprint density at radius 1 is 1.15 bits per heavy atom. The molecule has 1 amide bonds. The summed E-state index contributed by atoms with van der Waals surface area (Å²) in [5, 5.41) is 6.12. The maximum atomic E-state index is 12.3. The zero-order valence-electron chi connectivity index (χ0n) is 12.0. The van der Waals surface area contributed by atoms with Gasteiger partial charge < -0.3 is 10.6 Å². The van der Waals surface area contributed by atoms with E-state index in [1.54, 1.807) is 12.3 Å². The van der Waals surface area contributed by atoms with Gasteiger partial charge in [0.25, 0.3) is 5.91 Å². The lowest BCUT2D eigenvalue weighted by Gasteiger charge is -2.10. The van der Waals surface area contributed by atoms with E-state index in [2.05, 4.69) is 15.6 Å². The Morgan fingerprint density at radius 3 is 2.60 bits per heavy atom. The molecular weight excluding hydrogens is 250 g/mol. The van der Waals surface area contributed by atoms with Crippen LogP contribution < -0.4 is 10.6 Å². The molecule has 0 aliphatic heterocycles. The number of aromatic nitrogens is 1. The summed E-state index contributed by atoms with van der Waals surface area (Å²) < 4.78 is 0. The third-order valence-electron chi connectivity index (χ3n) is 3.01. The molecule has 0 aliphatic rings. The Labute approximate surface area is 119 Å². The normalized spacial score (nSPS) is 10.2. The molecule has 2 rings (SSSR count). The molecule has 1 aromatic heterocycles. The van der Waals surface area contributed by atoms with E-state index in [9.17, 15) is 4.79 Å². The molecule has 2 aromatic rings. The Hall–Kier alpha value is -2.36. The molecule has 1 heterocycles. The van der Waals surface area contributed by atoms with Gasteiger partial charge in [-0.3, -0.25) is 9.78 Å². The van der Waals surface area contributed by atoms with Gasteiger partial charge in [0.15, 0.2) is 0 Å². The van der Waals surface area contributed by atoms with Crippen molar-refractivity contribution in [2.45, 2.75) is 20.8 Å². The molecule has 1 aromatic carbocycles. The molecule has 0 bridgehead atoms. The van der Waals surface area contributed by atoms with E-state index >= 15 is 0 Å². The first-order valence-electron chi connectivity index (χ1n) is 6.68. The third-order valence-corrected chi connectivity index (χ3v) is 3.01. The van der Waals surface area contributed by atoms with E-state index in [0.29, 0.717) is 5.56 Å². The summed E-state index contributed by atoms with van der Waals surface area (Å²) in [7, 11) is 0. The molecule has 0 saturated heterocycles. The topological polar surface area (TPSA) is 54.0 Å². The standard InChI is InChI=1S/C16H19N3O/c1-4-17-13-5-6-15(11(2)9-13)16(20)19-14-7-8-18-12(3)10-14/h5-10,17H,4H2,1-3H3,(H,18,19,20). The fourth-order valence-corrected chi connectivity index (χ4v) is 2.05. The van der Waals surface area contributed by atoms with Gasteiger partial charge in [0.05, 0.1) is 0 Å². The van der Waals surface area contributed by atoms with Crippen LogP contribution in [0.1, 0.15) is 28.5 Å². The summed E-state index contributed by atoms with van der Waals surface area (Å²) in [4.78, 5) is 16.4. The summed E-state index contributed by atoms with van der Waals surface area (Å²) in [6.45, 7) is 6.74. The SMILES string of the molecule is CCNc1ccc(C(=O)Nc2ccnc(C)c2)c(C)c1. The minimum atomic E-state index is -0.101. The molecule has 20 heavy (non-hydrogen) atoms.